The summed E-state index contributed by atoms with van der Waals surface area (Å²) in [5, 5.41) is 2.90. The molecule has 1 atom stereocenters. The lowest BCUT2D eigenvalue weighted by atomic mass is 9.90. The minimum absolute atomic E-state index is 0.461. The van der Waals surface area contributed by atoms with Gasteiger partial charge in [0.1, 0.15) is 11.4 Å². The van der Waals surface area contributed by atoms with Crippen LogP contribution in [-0.4, -0.2) is 31.0 Å². The van der Waals surface area contributed by atoms with Gasteiger partial charge < -0.3 is 19.5 Å². The zero-order valence-corrected chi connectivity index (χ0v) is 18.3. The van der Waals surface area contributed by atoms with Crippen LogP contribution in [0.2, 0.25) is 0 Å². The smallest absolute Gasteiger partial charge is 0.408 e. The van der Waals surface area contributed by atoms with Crippen molar-refractivity contribution in [3.05, 3.63) is 29.8 Å². The average Bonchev–Trinajstić information content (AvgIpc) is 3.07. The summed E-state index contributed by atoms with van der Waals surface area (Å²) in [7, 11) is 1.60. The topological polar surface area (TPSA) is 56.8 Å². The second kappa shape index (κ2) is 8.73. The normalized spacial score (nSPS) is 19.4. The summed E-state index contributed by atoms with van der Waals surface area (Å²) in [4.78, 5) is 12.4. The van der Waals surface area contributed by atoms with E-state index in [9.17, 15) is 4.79 Å². The second-order valence-electron chi connectivity index (χ2n) is 9.43. The monoisotopic (exact) mass is 393 g/mol. The molecule has 2 rings (SSSR count). The molecule has 1 amide bonds. The standard InChI is InChI=1S/C23H37NO4/c1-21(2,3)28-20(25)24-19(22(4,5)26-7)17-10-12-18(13-11-17)27-16-23(6)14-8-9-15-23/h10-13,19H,8-9,14-16H2,1-7H3,(H,24,25)/i16D2. The summed E-state index contributed by atoms with van der Waals surface area (Å²) in [5.74, 6) is 0.461. The SMILES string of the molecule is [2H]C([2H])(Oc1ccc(C(NC(=O)OC(C)(C)C)C(C)(C)OC)cc1)C1(C)CCCC1. The van der Waals surface area contributed by atoms with Gasteiger partial charge in [-0.15, -0.1) is 0 Å². The fourth-order valence-electron chi connectivity index (χ4n) is 3.37. The number of hydrogen-bond donors (Lipinski definition) is 1. The zero-order chi connectivity index (χ0) is 22.8. The van der Waals surface area contributed by atoms with E-state index in [4.69, 9.17) is 17.0 Å². The van der Waals surface area contributed by atoms with E-state index >= 15 is 0 Å². The summed E-state index contributed by atoms with van der Waals surface area (Å²) >= 11 is 0. The van der Waals surface area contributed by atoms with Crippen molar-refractivity contribution in [3.8, 4) is 5.75 Å². The van der Waals surface area contributed by atoms with E-state index in [1.54, 1.807) is 19.2 Å². The maximum atomic E-state index is 12.4. The molecule has 1 aromatic carbocycles. The van der Waals surface area contributed by atoms with Crippen LogP contribution in [0, 0.1) is 5.41 Å². The Balaban J connectivity index is 2.19. The molecule has 1 N–H and O–H groups in total. The molecule has 0 aromatic heterocycles. The van der Waals surface area contributed by atoms with Gasteiger partial charge in [-0.25, -0.2) is 4.79 Å². The summed E-state index contributed by atoms with van der Waals surface area (Å²) in [6.07, 6.45) is 3.18. The van der Waals surface area contributed by atoms with Crippen molar-refractivity contribution in [1.82, 2.24) is 5.32 Å². The van der Waals surface area contributed by atoms with Crippen LogP contribution in [0.4, 0.5) is 4.79 Å². The average molecular weight is 394 g/mol. The highest BCUT2D eigenvalue weighted by molar-refractivity contribution is 5.68. The van der Waals surface area contributed by atoms with Crippen molar-refractivity contribution < 1.29 is 21.7 Å². The highest BCUT2D eigenvalue weighted by atomic mass is 16.6. The van der Waals surface area contributed by atoms with Gasteiger partial charge in [-0.05, 0) is 65.2 Å². The van der Waals surface area contributed by atoms with Crippen molar-refractivity contribution in [2.75, 3.05) is 13.7 Å². The Morgan fingerprint density at radius 3 is 2.25 bits per heavy atom. The van der Waals surface area contributed by atoms with Crippen LogP contribution in [0.25, 0.3) is 0 Å². The van der Waals surface area contributed by atoms with E-state index < -0.39 is 35.3 Å². The van der Waals surface area contributed by atoms with E-state index in [0.29, 0.717) is 5.75 Å². The number of rotatable bonds is 7. The Bertz CT molecular complexity index is 720. The van der Waals surface area contributed by atoms with Crippen LogP contribution >= 0.6 is 0 Å². The molecule has 1 aliphatic rings. The molecule has 5 nitrogen and oxygen atoms in total. The van der Waals surface area contributed by atoms with Crippen LogP contribution in [0.3, 0.4) is 0 Å². The third-order valence-corrected chi connectivity index (χ3v) is 5.22. The fraction of sp³-hybridized carbons (Fsp3) is 0.696. The second-order valence-corrected chi connectivity index (χ2v) is 9.43. The first-order chi connectivity index (χ1) is 13.7. The van der Waals surface area contributed by atoms with Gasteiger partial charge in [0.05, 0.1) is 20.9 Å². The van der Waals surface area contributed by atoms with Crippen LogP contribution in [-0.2, 0) is 9.47 Å². The van der Waals surface area contributed by atoms with Gasteiger partial charge in [-0.3, -0.25) is 0 Å². The van der Waals surface area contributed by atoms with Gasteiger partial charge in [-0.1, -0.05) is 31.9 Å². The molecule has 0 saturated heterocycles. The lowest BCUT2D eigenvalue weighted by molar-refractivity contribution is -0.0171. The number of ether oxygens (including phenoxy) is 3. The Hall–Kier alpha value is -1.75. The highest BCUT2D eigenvalue weighted by Crippen LogP contribution is 2.38. The van der Waals surface area contributed by atoms with Gasteiger partial charge in [0.2, 0.25) is 0 Å². The maximum absolute atomic E-state index is 12.4. The van der Waals surface area contributed by atoms with Gasteiger partial charge >= 0.3 is 6.09 Å². The number of amides is 1. The van der Waals surface area contributed by atoms with Crippen molar-refractivity contribution in [2.24, 2.45) is 5.41 Å². The van der Waals surface area contributed by atoms with E-state index in [1.807, 2.05) is 53.7 Å². The molecule has 0 aliphatic heterocycles. The Labute approximate surface area is 172 Å². The van der Waals surface area contributed by atoms with Crippen molar-refractivity contribution in [1.29, 1.82) is 0 Å². The third-order valence-electron chi connectivity index (χ3n) is 5.22. The minimum atomic E-state index is -1.75. The van der Waals surface area contributed by atoms with E-state index in [-0.39, 0.29) is 0 Å². The number of carbonyl (C=O) groups is 1. The van der Waals surface area contributed by atoms with E-state index in [2.05, 4.69) is 5.32 Å². The molecule has 1 fully saturated rings. The predicted molar refractivity (Wildman–Crippen MR) is 112 cm³/mol. The largest absolute Gasteiger partial charge is 0.493 e. The van der Waals surface area contributed by atoms with Crippen molar-refractivity contribution in [3.63, 3.8) is 0 Å². The summed E-state index contributed by atoms with van der Waals surface area (Å²) in [6.45, 7) is 9.43. The van der Waals surface area contributed by atoms with Gasteiger partial charge in [0.15, 0.2) is 0 Å². The molecule has 158 valence electrons. The molecule has 1 aromatic rings. The first-order valence-corrected chi connectivity index (χ1v) is 10.0. The number of methoxy groups -OCH3 is 1. The summed E-state index contributed by atoms with van der Waals surface area (Å²) in [5.41, 5.74) is -0.964. The van der Waals surface area contributed by atoms with Crippen LogP contribution < -0.4 is 10.1 Å². The van der Waals surface area contributed by atoms with Crippen LogP contribution in [0.15, 0.2) is 24.3 Å². The third kappa shape index (κ3) is 6.40. The molecule has 28 heavy (non-hydrogen) atoms. The highest BCUT2D eigenvalue weighted by Gasteiger charge is 2.34. The molecule has 5 heteroatoms. The molecule has 1 saturated carbocycles. The lowest BCUT2D eigenvalue weighted by Gasteiger charge is -2.34. The number of alkyl carbamates (subject to hydrolysis) is 1. The molecule has 1 aliphatic carbocycles. The molecular formula is C23H37NO4. The maximum Gasteiger partial charge on any atom is 0.408 e. The fourth-order valence-corrected chi connectivity index (χ4v) is 3.37. The van der Waals surface area contributed by atoms with Gasteiger partial charge in [0.25, 0.3) is 0 Å². The predicted octanol–water partition coefficient (Wildman–Crippen LogP) is 5.64. The quantitative estimate of drug-likeness (QED) is 0.651. The number of hydrogen-bond acceptors (Lipinski definition) is 4. The molecular weight excluding hydrogens is 354 g/mol. The first kappa shape index (κ1) is 19.6. The Morgan fingerprint density at radius 2 is 1.75 bits per heavy atom. The number of benzene rings is 1. The summed E-state index contributed by atoms with van der Waals surface area (Å²) < 4.78 is 33.7. The number of carbonyl (C=O) groups excluding carboxylic acids is 1. The summed E-state index contributed by atoms with van der Waals surface area (Å²) in [6, 6.07) is 6.66. The van der Waals surface area contributed by atoms with Crippen LogP contribution in [0.5, 0.6) is 5.75 Å². The molecule has 0 spiro atoms. The first-order valence-electron chi connectivity index (χ1n) is 11.0. The van der Waals surface area contributed by atoms with Gasteiger partial charge in [-0.2, -0.15) is 0 Å². The van der Waals surface area contributed by atoms with Crippen LogP contribution in [0.1, 0.15) is 81.6 Å². The molecule has 0 radical (unpaired) electrons. The molecule has 1 unspecified atom stereocenters. The minimum Gasteiger partial charge on any atom is -0.493 e. The Morgan fingerprint density at radius 1 is 1.18 bits per heavy atom. The molecule has 0 bridgehead atoms. The zero-order valence-electron chi connectivity index (χ0n) is 20.3. The van der Waals surface area contributed by atoms with Gasteiger partial charge in [0, 0.05) is 12.5 Å². The van der Waals surface area contributed by atoms with Crippen molar-refractivity contribution >= 4 is 6.09 Å². The van der Waals surface area contributed by atoms with E-state index in [1.165, 1.54) is 0 Å². The Kier molecular flexibility index (Phi) is 6.10. The van der Waals surface area contributed by atoms with E-state index in [0.717, 1.165) is 31.2 Å². The molecule has 0 heterocycles. The number of nitrogens with one attached hydrogen (secondary N) is 1. The lowest BCUT2D eigenvalue weighted by Crippen LogP contribution is -2.45. The van der Waals surface area contributed by atoms with Crippen molar-refractivity contribution in [2.45, 2.75) is 84.5 Å².